The Kier molecular flexibility index (Phi) is 9.60. The van der Waals surface area contributed by atoms with Crippen molar-refractivity contribution in [1.82, 2.24) is 20.5 Å². The number of nitrogens with zero attached hydrogens (tertiary/aromatic N) is 1. The summed E-state index contributed by atoms with van der Waals surface area (Å²) in [6.07, 6.45) is 0.842. The van der Waals surface area contributed by atoms with E-state index in [2.05, 4.69) is 15.6 Å². The van der Waals surface area contributed by atoms with Crippen LogP contribution < -0.4 is 16.4 Å². The van der Waals surface area contributed by atoms with Crippen LogP contribution >= 0.6 is 0 Å². The van der Waals surface area contributed by atoms with Gasteiger partial charge in [0.1, 0.15) is 18.1 Å². The molecular weight excluding hydrogens is 514 g/mol. The number of likely N-dealkylation sites (tertiary alicyclic amines) is 1. The van der Waals surface area contributed by atoms with Crippen LogP contribution in [0.2, 0.25) is 0 Å². The zero-order chi connectivity index (χ0) is 28.7. The average molecular weight is 546 g/mol. The molecule has 0 saturated carbocycles. The third-order valence-corrected chi connectivity index (χ3v) is 6.55. The number of nitrogens with two attached hydrogens (primary N) is 1. The lowest BCUT2D eigenvalue weighted by Gasteiger charge is -2.29. The van der Waals surface area contributed by atoms with Gasteiger partial charge >= 0.3 is 17.9 Å². The molecule has 1 aliphatic heterocycles. The smallest absolute Gasteiger partial charge is 0.326 e. The third-order valence-electron chi connectivity index (χ3n) is 6.55. The lowest BCUT2D eigenvalue weighted by Crippen LogP contribution is -2.57. The number of carbonyl (C=O) groups is 6. The van der Waals surface area contributed by atoms with Crippen molar-refractivity contribution in [2.45, 2.75) is 62.7 Å². The maximum atomic E-state index is 13.3. The maximum absolute atomic E-state index is 13.3. The van der Waals surface area contributed by atoms with Gasteiger partial charge in [0.15, 0.2) is 0 Å². The first-order valence-corrected chi connectivity index (χ1v) is 12.4. The highest BCUT2D eigenvalue weighted by molar-refractivity contribution is 5.96. The second-order valence-corrected chi connectivity index (χ2v) is 9.35. The van der Waals surface area contributed by atoms with Gasteiger partial charge in [-0.05, 0) is 30.9 Å². The third kappa shape index (κ3) is 7.54. The number of H-pyrrole nitrogens is 1. The molecule has 0 spiro atoms. The summed E-state index contributed by atoms with van der Waals surface area (Å²) >= 11 is 0. The lowest BCUT2D eigenvalue weighted by molar-refractivity contribution is -0.147. The zero-order valence-corrected chi connectivity index (χ0v) is 21.0. The predicted octanol–water partition coefficient (Wildman–Crippen LogP) is -0.578. The lowest BCUT2D eigenvalue weighted by atomic mass is 10.0. The van der Waals surface area contributed by atoms with E-state index in [4.69, 9.17) is 10.8 Å². The molecule has 4 unspecified atom stereocenters. The van der Waals surface area contributed by atoms with Crippen molar-refractivity contribution in [3.63, 3.8) is 0 Å². The van der Waals surface area contributed by atoms with Gasteiger partial charge in [-0.15, -0.1) is 0 Å². The fourth-order valence-electron chi connectivity index (χ4n) is 4.56. The number of aliphatic carboxylic acids is 3. The van der Waals surface area contributed by atoms with Crippen molar-refractivity contribution in [2.75, 3.05) is 6.54 Å². The van der Waals surface area contributed by atoms with Gasteiger partial charge in [-0.1, -0.05) is 18.2 Å². The Morgan fingerprint density at radius 1 is 1.03 bits per heavy atom. The van der Waals surface area contributed by atoms with Gasteiger partial charge in [-0.3, -0.25) is 24.0 Å². The molecule has 0 bridgehead atoms. The maximum Gasteiger partial charge on any atom is 0.326 e. The van der Waals surface area contributed by atoms with Crippen LogP contribution in [0.5, 0.6) is 0 Å². The number of para-hydroxylation sites is 1. The predicted molar refractivity (Wildman–Crippen MR) is 135 cm³/mol. The zero-order valence-electron chi connectivity index (χ0n) is 21.0. The minimum Gasteiger partial charge on any atom is -0.481 e. The molecule has 2 heterocycles. The second kappa shape index (κ2) is 12.9. The van der Waals surface area contributed by atoms with Crippen molar-refractivity contribution in [2.24, 2.45) is 5.73 Å². The number of carboxylic acids is 3. The number of carbonyl (C=O) groups excluding carboxylic acids is 3. The summed E-state index contributed by atoms with van der Waals surface area (Å²) in [5.41, 5.74) is 7.17. The first-order chi connectivity index (χ1) is 18.5. The van der Waals surface area contributed by atoms with Gasteiger partial charge < -0.3 is 41.6 Å². The Morgan fingerprint density at radius 3 is 2.41 bits per heavy atom. The Morgan fingerprint density at radius 2 is 1.74 bits per heavy atom. The molecule has 3 amide bonds. The van der Waals surface area contributed by atoms with Crippen LogP contribution in [-0.2, 0) is 35.2 Å². The SMILES string of the molecule is NC(CCC(=O)O)C(=O)NC(CC(=O)O)C(=O)N1CCCC1C(=O)NC(Cc1c[nH]c2ccccc12)C(=O)O. The average Bonchev–Trinajstić information content (AvgIpc) is 3.53. The van der Waals surface area contributed by atoms with Crippen molar-refractivity contribution in [1.29, 1.82) is 0 Å². The van der Waals surface area contributed by atoms with E-state index < -0.39 is 72.6 Å². The van der Waals surface area contributed by atoms with E-state index in [0.717, 1.165) is 15.8 Å². The largest absolute Gasteiger partial charge is 0.481 e. The number of carboxylic acid groups (broad SMARTS) is 3. The molecule has 0 radical (unpaired) electrons. The van der Waals surface area contributed by atoms with Crippen LogP contribution in [0.15, 0.2) is 30.5 Å². The molecular formula is C25H31N5O9. The molecule has 39 heavy (non-hydrogen) atoms. The highest BCUT2D eigenvalue weighted by atomic mass is 16.4. The van der Waals surface area contributed by atoms with E-state index in [-0.39, 0.29) is 25.8 Å². The number of amides is 3. The summed E-state index contributed by atoms with van der Waals surface area (Å²) in [5.74, 6) is -6.29. The Labute approximate surface area is 222 Å². The highest BCUT2D eigenvalue weighted by Gasteiger charge is 2.40. The molecule has 1 aliphatic rings. The van der Waals surface area contributed by atoms with Gasteiger partial charge in [0.25, 0.3) is 0 Å². The summed E-state index contributed by atoms with van der Waals surface area (Å²) in [7, 11) is 0. The number of fused-ring (bicyclic) bond motifs is 1. The second-order valence-electron chi connectivity index (χ2n) is 9.35. The standard InChI is InChI=1S/C25H31N5O9/c26-15(7-8-20(31)32)22(35)28-17(11-21(33)34)24(37)30-9-3-6-19(30)23(36)29-18(25(38)39)10-13-12-27-16-5-2-1-4-14(13)16/h1-2,4-5,12,15,17-19,27H,3,6-11,26H2,(H,28,35)(H,29,36)(H,31,32)(H,33,34)(H,38,39). The molecule has 1 saturated heterocycles. The van der Waals surface area contributed by atoms with E-state index >= 15 is 0 Å². The van der Waals surface area contributed by atoms with Crippen molar-refractivity contribution in [3.8, 4) is 0 Å². The van der Waals surface area contributed by atoms with Crippen LogP contribution in [0.3, 0.4) is 0 Å². The van der Waals surface area contributed by atoms with Crippen molar-refractivity contribution < 1.29 is 44.1 Å². The van der Waals surface area contributed by atoms with Gasteiger partial charge in [0, 0.05) is 36.5 Å². The van der Waals surface area contributed by atoms with Gasteiger partial charge in [0.2, 0.25) is 17.7 Å². The number of aromatic nitrogens is 1. The van der Waals surface area contributed by atoms with Gasteiger partial charge in [-0.25, -0.2) is 4.79 Å². The van der Waals surface area contributed by atoms with E-state index in [1.165, 1.54) is 0 Å². The van der Waals surface area contributed by atoms with Crippen LogP contribution in [0.25, 0.3) is 10.9 Å². The minimum absolute atomic E-state index is 0.0162. The normalized spacial score (nSPS) is 17.3. The van der Waals surface area contributed by atoms with Crippen LogP contribution in [0.1, 0.15) is 37.7 Å². The molecule has 14 heteroatoms. The molecule has 3 rings (SSSR count). The molecule has 1 aromatic carbocycles. The molecule has 2 aromatic rings. The molecule has 8 N–H and O–H groups in total. The van der Waals surface area contributed by atoms with Crippen LogP contribution in [0.4, 0.5) is 0 Å². The molecule has 1 aromatic heterocycles. The summed E-state index contributed by atoms with van der Waals surface area (Å²) < 4.78 is 0. The molecule has 1 fully saturated rings. The quantitative estimate of drug-likeness (QED) is 0.169. The van der Waals surface area contributed by atoms with Crippen LogP contribution in [-0.4, -0.2) is 91.5 Å². The summed E-state index contributed by atoms with van der Waals surface area (Å²) in [5, 5.41) is 33.4. The Hall–Kier alpha value is -4.46. The molecule has 4 atom stereocenters. The number of nitrogens with one attached hydrogen (secondary N) is 3. The number of rotatable bonds is 13. The number of benzene rings is 1. The van der Waals surface area contributed by atoms with Crippen molar-refractivity contribution in [3.05, 3.63) is 36.0 Å². The summed E-state index contributed by atoms with van der Waals surface area (Å²) in [4.78, 5) is 77.1. The first kappa shape index (κ1) is 29.1. The number of hydrogen-bond acceptors (Lipinski definition) is 7. The van der Waals surface area contributed by atoms with E-state index in [0.29, 0.717) is 12.0 Å². The summed E-state index contributed by atoms with van der Waals surface area (Å²) in [6, 6.07) is 2.08. The van der Waals surface area contributed by atoms with Crippen LogP contribution in [0, 0.1) is 0 Å². The van der Waals surface area contributed by atoms with E-state index in [1.54, 1.807) is 12.3 Å². The molecule has 210 valence electrons. The fourth-order valence-corrected chi connectivity index (χ4v) is 4.56. The number of hydrogen-bond donors (Lipinski definition) is 7. The summed E-state index contributed by atoms with van der Waals surface area (Å²) in [6.45, 7) is 0.0914. The first-order valence-electron chi connectivity index (χ1n) is 12.4. The molecule has 0 aliphatic carbocycles. The minimum atomic E-state index is -1.55. The van der Waals surface area contributed by atoms with Gasteiger partial charge in [0.05, 0.1) is 12.5 Å². The highest BCUT2D eigenvalue weighted by Crippen LogP contribution is 2.22. The Balaban J connectivity index is 1.71. The topological polar surface area (TPSA) is 232 Å². The Bertz CT molecular complexity index is 1260. The number of aromatic amines is 1. The van der Waals surface area contributed by atoms with Crippen molar-refractivity contribution >= 4 is 46.5 Å². The van der Waals surface area contributed by atoms with E-state index in [9.17, 15) is 39.0 Å². The van der Waals surface area contributed by atoms with Gasteiger partial charge in [-0.2, -0.15) is 0 Å². The molecule has 14 nitrogen and oxygen atoms in total. The fraction of sp³-hybridized carbons (Fsp3) is 0.440. The van der Waals surface area contributed by atoms with E-state index in [1.807, 2.05) is 18.2 Å². The monoisotopic (exact) mass is 545 g/mol.